The van der Waals surface area contributed by atoms with E-state index in [-0.39, 0.29) is 12.6 Å². The van der Waals surface area contributed by atoms with Crippen molar-refractivity contribution < 1.29 is 18.0 Å². The lowest BCUT2D eigenvalue weighted by molar-refractivity contribution is -0.143. The van der Waals surface area contributed by atoms with Gasteiger partial charge in [-0.15, -0.1) is 0 Å². The average Bonchev–Trinajstić information content (AvgIpc) is 2.18. The summed E-state index contributed by atoms with van der Waals surface area (Å²) in [6, 6.07) is -0.485. The van der Waals surface area contributed by atoms with Crippen molar-refractivity contribution in [3.8, 4) is 0 Å². The van der Waals surface area contributed by atoms with Crippen LogP contribution in [0.25, 0.3) is 0 Å². The standard InChI is InChI=1S/C10H17F3N2O/c1-3-8(2)15-6-4-5-14(9(15)16)7-10(11,12)13/h8H,3-7H2,1-2H3. The van der Waals surface area contributed by atoms with Crippen LogP contribution >= 0.6 is 0 Å². The summed E-state index contributed by atoms with van der Waals surface area (Å²) in [5.41, 5.74) is 0. The molecule has 0 aromatic rings. The van der Waals surface area contributed by atoms with E-state index in [2.05, 4.69) is 0 Å². The molecule has 1 aliphatic rings. The third-order valence-corrected chi connectivity index (χ3v) is 2.84. The summed E-state index contributed by atoms with van der Waals surface area (Å²) in [6.07, 6.45) is -2.95. The lowest BCUT2D eigenvalue weighted by atomic mass is 10.2. The van der Waals surface area contributed by atoms with Crippen LogP contribution in [-0.4, -0.2) is 47.7 Å². The van der Waals surface area contributed by atoms with Gasteiger partial charge >= 0.3 is 12.2 Å². The van der Waals surface area contributed by atoms with Crippen molar-refractivity contribution in [2.75, 3.05) is 19.6 Å². The predicted molar refractivity (Wildman–Crippen MR) is 54.1 cm³/mol. The lowest BCUT2D eigenvalue weighted by Gasteiger charge is -2.39. The number of rotatable bonds is 3. The summed E-state index contributed by atoms with van der Waals surface area (Å²) in [7, 11) is 0. The highest BCUT2D eigenvalue weighted by molar-refractivity contribution is 5.75. The van der Waals surface area contributed by atoms with E-state index in [0.717, 1.165) is 11.3 Å². The minimum atomic E-state index is -4.31. The zero-order valence-corrected chi connectivity index (χ0v) is 9.55. The van der Waals surface area contributed by atoms with E-state index in [4.69, 9.17) is 0 Å². The normalized spacial score (nSPS) is 20.2. The molecule has 0 aliphatic carbocycles. The third-order valence-electron chi connectivity index (χ3n) is 2.84. The molecule has 2 amide bonds. The van der Waals surface area contributed by atoms with Gasteiger partial charge in [0.15, 0.2) is 0 Å². The van der Waals surface area contributed by atoms with Crippen molar-refractivity contribution in [3.63, 3.8) is 0 Å². The largest absolute Gasteiger partial charge is 0.406 e. The first-order valence-electron chi connectivity index (χ1n) is 5.47. The molecule has 1 atom stereocenters. The monoisotopic (exact) mass is 238 g/mol. The van der Waals surface area contributed by atoms with E-state index >= 15 is 0 Å². The molecule has 0 bridgehead atoms. The van der Waals surface area contributed by atoms with Crippen molar-refractivity contribution in [2.24, 2.45) is 0 Å². The highest BCUT2D eigenvalue weighted by Crippen LogP contribution is 2.21. The number of carbonyl (C=O) groups is 1. The SMILES string of the molecule is CCC(C)N1CCCN(CC(F)(F)F)C1=O. The molecule has 0 N–H and O–H groups in total. The van der Waals surface area contributed by atoms with Gasteiger partial charge in [0.2, 0.25) is 0 Å². The molecule has 0 aromatic carbocycles. The highest BCUT2D eigenvalue weighted by Gasteiger charge is 2.37. The van der Waals surface area contributed by atoms with E-state index in [9.17, 15) is 18.0 Å². The molecular weight excluding hydrogens is 221 g/mol. The second-order valence-electron chi connectivity index (χ2n) is 4.12. The Morgan fingerprint density at radius 3 is 2.50 bits per heavy atom. The Morgan fingerprint density at radius 2 is 2.00 bits per heavy atom. The van der Waals surface area contributed by atoms with Gasteiger partial charge in [0, 0.05) is 19.1 Å². The Hall–Kier alpha value is -0.940. The molecule has 1 saturated heterocycles. The van der Waals surface area contributed by atoms with Gasteiger partial charge in [0.25, 0.3) is 0 Å². The maximum absolute atomic E-state index is 12.2. The molecule has 94 valence electrons. The van der Waals surface area contributed by atoms with Gasteiger partial charge in [0.05, 0.1) is 0 Å². The molecule has 3 nitrogen and oxygen atoms in total. The Labute approximate surface area is 93.2 Å². The van der Waals surface area contributed by atoms with Crippen molar-refractivity contribution >= 4 is 6.03 Å². The Bertz CT molecular complexity index is 255. The fourth-order valence-electron chi connectivity index (χ4n) is 1.80. The molecule has 0 spiro atoms. The molecule has 0 aromatic heterocycles. The molecule has 1 rings (SSSR count). The van der Waals surface area contributed by atoms with Crippen LogP contribution in [0.2, 0.25) is 0 Å². The van der Waals surface area contributed by atoms with Crippen molar-refractivity contribution in [2.45, 2.75) is 38.9 Å². The van der Waals surface area contributed by atoms with Crippen LogP contribution in [0.5, 0.6) is 0 Å². The van der Waals surface area contributed by atoms with Crippen molar-refractivity contribution in [1.29, 1.82) is 0 Å². The first-order chi connectivity index (χ1) is 7.35. The number of nitrogens with zero attached hydrogens (tertiary/aromatic N) is 2. The van der Waals surface area contributed by atoms with E-state index in [1.165, 1.54) is 4.90 Å². The molecule has 1 aliphatic heterocycles. The molecule has 1 heterocycles. The first-order valence-corrected chi connectivity index (χ1v) is 5.47. The average molecular weight is 238 g/mol. The summed E-state index contributed by atoms with van der Waals surface area (Å²) in [5.74, 6) is 0. The number of urea groups is 1. The van der Waals surface area contributed by atoms with Gasteiger partial charge in [-0.25, -0.2) is 4.79 Å². The number of hydrogen-bond donors (Lipinski definition) is 0. The second-order valence-corrected chi connectivity index (χ2v) is 4.12. The lowest BCUT2D eigenvalue weighted by Crippen LogP contribution is -2.54. The summed E-state index contributed by atoms with van der Waals surface area (Å²) in [4.78, 5) is 14.2. The van der Waals surface area contributed by atoms with Crippen LogP contribution in [0, 0.1) is 0 Å². The minimum absolute atomic E-state index is 0.00327. The van der Waals surface area contributed by atoms with E-state index in [1.54, 1.807) is 0 Å². The second kappa shape index (κ2) is 4.93. The molecular formula is C10H17F3N2O. The van der Waals surface area contributed by atoms with E-state index in [0.29, 0.717) is 13.0 Å². The van der Waals surface area contributed by atoms with Crippen molar-refractivity contribution in [3.05, 3.63) is 0 Å². The zero-order chi connectivity index (χ0) is 12.3. The van der Waals surface area contributed by atoms with Gasteiger partial charge in [-0.3, -0.25) is 0 Å². The number of amides is 2. The molecule has 1 unspecified atom stereocenters. The smallest absolute Gasteiger partial charge is 0.322 e. The molecule has 1 fully saturated rings. The van der Waals surface area contributed by atoms with E-state index < -0.39 is 18.8 Å². The quantitative estimate of drug-likeness (QED) is 0.741. The molecule has 6 heteroatoms. The Balaban J connectivity index is 2.64. The van der Waals surface area contributed by atoms with Crippen molar-refractivity contribution in [1.82, 2.24) is 9.80 Å². The molecule has 0 saturated carbocycles. The first kappa shape index (κ1) is 13.1. The summed E-state index contributed by atoms with van der Waals surface area (Å²) in [5, 5.41) is 0. The molecule has 16 heavy (non-hydrogen) atoms. The number of alkyl halides is 3. The summed E-state index contributed by atoms with van der Waals surface area (Å²) >= 11 is 0. The topological polar surface area (TPSA) is 23.6 Å². The Kier molecular flexibility index (Phi) is 4.04. The predicted octanol–water partition coefficient (Wildman–Crippen LogP) is 2.47. The fraction of sp³-hybridized carbons (Fsp3) is 0.900. The third kappa shape index (κ3) is 3.28. The summed E-state index contributed by atoms with van der Waals surface area (Å²) < 4.78 is 36.6. The van der Waals surface area contributed by atoms with Gasteiger partial charge in [-0.2, -0.15) is 13.2 Å². The molecule has 0 radical (unpaired) electrons. The van der Waals surface area contributed by atoms with Gasteiger partial charge in [0.1, 0.15) is 6.54 Å². The highest BCUT2D eigenvalue weighted by atomic mass is 19.4. The summed E-state index contributed by atoms with van der Waals surface area (Å²) in [6.45, 7) is 3.39. The van der Waals surface area contributed by atoms with Gasteiger partial charge in [-0.1, -0.05) is 6.92 Å². The van der Waals surface area contributed by atoms with E-state index in [1.807, 2.05) is 13.8 Å². The van der Waals surface area contributed by atoms with Gasteiger partial charge < -0.3 is 9.80 Å². The maximum Gasteiger partial charge on any atom is 0.406 e. The fourth-order valence-corrected chi connectivity index (χ4v) is 1.80. The van der Waals surface area contributed by atoms with Gasteiger partial charge in [-0.05, 0) is 19.8 Å². The number of hydrogen-bond acceptors (Lipinski definition) is 1. The van der Waals surface area contributed by atoms with Crippen LogP contribution in [0.15, 0.2) is 0 Å². The van der Waals surface area contributed by atoms with Crippen LogP contribution in [0.3, 0.4) is 0 Å². The van der Waals surface area contributed by atoms with Crippen LogP contribution in [0.4, 0.5) is 18.0 Å². The van der Waals surface area contributed by atoms with Crippen LogP contribution in [-0.2, 0) is 0 Å². The number of carbonyl (C=O) groups excluding carboxylic acids is 1. The maximum atomic E-state index is 12.2. The zero-order valence-electron chi connectivity index (χ0n) is 9.55. The minimum Gasteiger partial charge on any atom is -0.322 e. The van der Waals surface area contributed by atoms with Crippen LogP contribution < -0.4 is 0 Å². The van der Waals surface area contributed by atoms with Crippen LogP contribution in [0.1, 0.15) is 26.7 Å². The Morgan fingerprint density at radius 1 is 1.38 bits per heavy atom. The number of halogens is 3.